The van der Waals surface area contributed by atoms with E-state index in [0.717, 1.165) is 24.3 Å². The fourth-order valence-corrected chi connectivity index (χ4v) is 2.49. The number of thiocyanates is 1. The van der Waals surface area contributed by atoms with E-state index in [9.17, 15) is 0 Å². The minimum absolute atomic E-state index is 0.477. The van der Waals surface area contributed by atoms with Crippen LogP contribution in [0.4, 0.5) is 0 Å². The van der Waals surface area contributed by atoms with Crippen molar-refractivity contribution in [2.45, 2.75) is 32.6 Å². The first-order valence-electron chi connectivity index (χ1n) is 5.88. The van der Waals surface area contributed by atoms with Gasteiger partial charge in [0.1, 0.15) is 11.2 Å². The van der Waals surface area contributed by atoms with Gasteiger partial charge in [-0.25, -0.2) is 0 Å². The molecule has 0 N–H and O–H groups in total. The molecule has 1 unspecified atom stereocenters. The lowest BCUT2D eigenvalue weighted by molar-refractivity contribution is 0.403. The van der Waals surface area contributed by atoms with E-state index in [0.29, 0.717) is 5.92 Å². The third kappa shape index (κ3) is 3.98. The Morgan fingerprint density at radius 2 is 2.24 bits per heavy atom. The number of hydrogen-bond donors (Lipinski definition) is 0. The van der Waals surface area contributed by atoms with Crippen molar-refractivity contribution >= 4 is 11.8 Å². The summed E-state index contributed by atoms with van der Waals surface area (Å²) in [4.78, 5) is 0. The Kier molecular flexibility index (Phi) is 5.93. The van der Waals surface area contributed by atoms with E-state index < -0.39 is 0 Å². The topological polar surface area (TPSA) is 33.0 Å². The number of nitriles is 1. The lowest BCUT2D eigenvalue weighted by Crippen LogP contribution is -2.02. The second-order valence-corrected chi connectivity index (χ2v) is 4.96. The highest BCUT2D eigenvalue weighted by Gasteiger charge is 2.14. The zero-order valence-electron chi connectivity index (χ0n) is 10.7. The highest BCUT2D eigenvalue weighted by atomic mass is 32.2. The minimum Gasteiger partial charge on any atom is -0.496 e. The van der Waals surface area contributed by atoms with Gasteiger partial charge in [0.2, 0.25) is 0 Å². The molecule has 1 rings (SSSR count). The summed E-state index contributed by atoms with van der Waals surface area (Å²) in [5, 5.41) is 10.7. The van der Waals surface area contributed by atoms with Gasteiger partial charge in [0.25, 0.3) is 0 Å². The summed E-state index contributed by atoms with van der Waals surface area (Å²) in [5.74, 6) is 2.32. The Bertz CT molecular complexity index is 398. The molecule has 0 bridgehead atoms. The van der Waals surface area contributed by atoms with Crippen molar-refractivity contribution in [3.63, 3.8) is 0 Å². The number of ether oxygens (including phenoxy) is 1. The number of nitrogens with zero attached hydrogens (tertiary/aromatic N) is 1. The average Bonchev–Trinajstić information content (AvgIpc) is 2.35. The van der Waals surface area contributed by atoms with Crippen molar-refractivity contribution in [2.75, 3.05) is 12.9 Å². The van der Waals surface area contributed by atoms with E-state index in [1.807, 2.05) is 6.07 Å². The van der Waals surface area contributed by atoms with Gasteiger partial charge in [-0.1, -0.05) is 24.6 Å². The zero-order valence-corrected chi connectivity index (χ0v) is 11.5. The second kappa shape index (κ2) is 7.24. The normalized spacial score (nSPS) is 11.9. The molecule has 0 aromatic heterocycles. The van der Waals surface area contributed by atoms with Crippen LogP contribution in [0.1, 0.15) is 36.8 Å². The van der Waals surface area contributed by atoms with Crippen molar-refractivity contribution in [1.82, 2.24) is 0 Å². The fraction of sp³-hybridized carbons (Fsp3) is 0.500. The minimum atomic E-state index is 0.477. The molecule has 1 atom stereocenters. The highest BCUT2D eigenvalue weighted by molar-refractivity contribution is 8.03. The predicted octanol–water partition coefficient (Wildman–Crippen LogP) is 4.10. The molecule has 0 saturated carbocycles. The standard InChI is InChI=1S/C14H19NOS/c1-4-12(7-8-17-10-15)13-9-11(2)5-6-14(13)16-3/h5-6,9,12H,4,7-8H2,1-3H3. The number of thioether (sulfide) groups is 1. The summed E-state index contributed by atoms with van der Waals surface area (Å²) in [5.41, 5.74) is 2.53. The monoisotopic (exact) mass is 249 g/mol. The van der Waals surface area contributed by atoms with E-state index in [1.165, 1.54) is 22.9 Å². The number of aryl methyl sites for hydroxylation is 1. The number of benzene rings is 1. The Balaban J connectivity index is 2.86. The number of hydrogen-bond acceptors (Lipinski definition) is 3. The summed E-state index contributed by atoms with van der Waals surface area (Å²) in [6.07, 6.45) is 2.10. The summed E-state index contributed by atoms with van der Waals surface area (Å²) in [6.45, 7) is 4.28. The molecule has 2 nitrogen and oxygen atoms in total. The first-order valence-corrected chi connectivity index (χ1v) is 6.86. The van der Waals surface area contributed by atoms with E-state index in [4.69, 9.17) is 10.00 Å². The second-order valence-electron chi connectivity index (χ2n) is 4.08. The van der Waals surface area contributed by atoms with Gasteiger partial charge in [0.15, 0.2) is 0 Å². The first-order chi connectivity index (χ1) is 8.22. The molecule has 0 fully saturated rings. The molecular weight excluding hydrogens is 230 g/mol. The van der Waals surface area contributed by atoms with Crippen LogP contribution < -0.4 is 4.74 Å². The van der Waals surface area contributed by atoms with Gasteiger partial charge in [0.05, 0.1) is 7.11 Å². The molecule has 0 aliphatic rings. The highest BCUT2D eigenvalue weighted by Crippen LogP contribution is 2.32. The van der Waals surface area contributed by atoms with Crippen LogP contribution in [0.5, 0.6) is 5.75 Å². The van der Waals surface area contributed by atoms with Gasteiger partial charge in [-0.3, -0.25) is 0 Å². The lowest BCUT2D eigenvalue weighted by Gasteiger charge is -2.18. The molecule has 0 amide bonds. The van der Waals surface area contributed by atoms with Crippen LogP contribution in [-0.4, -0.2) is 12.9 Å². The maximum atomic E-state index is 8.56. The first kappa shape index (κ1) is 13.9. The molecule has 0 saturated heterocycles. The summed E-state index contributed by atoms with van der Waals surface area (Å²) < 4.78 is 5.42. The molecular formula is C14H19NOS. The maximum Gasteiger partial charge on any atom is 0.133 e. The largest absolute Gasteiger partial charge is 0.496 e. The van der Waals surface area contributed by atoms with Crippen molar-refractivity contribution in [3.8, 4) is 11.2 Å². The van der Waals surface area contributed by atoms with Gasteiger partial charge in [0, 0.05) is 5.75 Å². The van der Waals surface area contributed by atoms with Crippen molar-refractivity contribution in [1.29, 1.82) is 5.26 Å². The van der Waals surface area contributed by atoms with E-state index in [1.54, 1.807) is 7.11 Å². The van der Waals surface area contributed by atoms with Gasteiger partial charge >= 0.3 is 0 Å². The molecule has 0 radical (unpaired) electrons. The SMILES string of the molecule is CCC(CCSC#N)c1cc(C)ccc1OC. The molecule has 0 spiro atoms. The van der Waals surface area contributed by atoms with Crippen LogP contribution in [-0.2, 0) is 0 Å². The molecule has 92 valence electrons. The molecule has 3 heteroatoms. The average molecular weight is 249 g/mol. The summed E-state index contributed by atoms with van der Waals surface area (Å²) in [6, 6.07) is 6.30. The van der Waals surface area contributed by atoms with Gasteiger partial charge in [-0.15, -0.1) is 0 Å². The Morgan fingerprint density at radius 3 is 2.82 bits per heavy atom. The number of methoxy groups -OCH3 is 1. The maximum absolute atomic E-state index is 8.56. The van der Waals surface area contributed by atoms with Crippen LogP contribution in [0.15, 0.2) is 18.2 Å². The van der Waals surface area contributed by atoms with Crippen molar-refractivity contribution in [3.05, 3.63) is 29.3 Å². The van der Waals surface area contributed by atoms with Crippen molar-refractivity contribution in [2.24, 2.45) is 0 Å². The van der Waals surface area contributed by atoms with Crippen molar-refractivity contribution < 1.29 is 4.74 Å². The molecule has 1 aromatic carbocycles. The van der Waals surface area contributed by atoms with E-state index in [-0.39, 0.29) is 0 Å². The molecule has 1 aromatic rings. The lowest BCUT2D eigenvalue weighted by atomic mass is 9.92. The molecule has 0 heterocycles. The van der Waals surface area contributed by atoms with E-state index in [2.05, 4.69) is 31.4 Å². The van der Waals surface area contributed by atoms with Crippen LogP contribution in [0.3, 0.4) is 0 Å². The Morgan fingerprint density at radius 1 is 1.47 bits per heavy atom. The third-order valence-electron chi connectivity index (χ3n) is 2.95. The zero-order chi connectivity index (χ0) is 12.7. The number of rotatable bonds is 6. The fourth-order valence-electron chi connectivity index (χ4n) is 2.00. The molecule has 0 aliphatic heterocycles. The molecule has 0 aliphatic carbocycles. The van der Waals surface area contributed by atoms with Crippen LogP contribution in [0, 0.1) is 17.6 Å². The summed E-state index contributed by atoms with van der Waals surface area (Å²) >= 11 is 1.33. The van der Waals surface area contributed by atoms with Crippen LogP contribution >= 0.6 is 11.8 Å². The smallest absolute Gasteiger partial charge is 0.133 e. The quantitative estimate of drug-likeness (QED) is 0.562. The Hall–Kier alpha value is -1.14. The van der Waals surface area contributed by atoms with Crippen LogP contribution in [0.2, 0.25) is 0 Å². The summed E-state index contributed by atoms with van der Waals surface area (Å²) in [7, 11) is 1.71. The van der Waals surface area contributed by atoms with Gasteiger partial charge in [-0.05, 0) is 49.1 Å². The Labute approximate surface area is 108 Å². The van der Waals surface area contributed by atoms with Gasteiger partial charge < -0.3 is 4.74 Å². The third-order valence-corrected chi connectivity index (χ3v) is 3.52. The predicted molar refractivity (Wildman–Crippen MR) is 73.5 cm³/mol. The van der Waals surface area contributed by atoms with Gasteiger partial charge in [-0.2, -0.15) is 5.26 Å². The van der Waals surface area contributed by atoms with E-state index >= 15 is 0 Å². The van der Waals surface area contributed by atoms with Crippen LogP contribution in [0.25, 0.3) is 0 Å². The molecule has 17 heavy (non-hydrogen) atoms.